The van der Waals surface area contributed by atoms with E-state index in [1.807, 2.05) is 0 Å². The van der Waals surface area contributed by atoms with Gasteiger partial charge < -0.3 is 4.74 Å². The molecule has 2 rings (SSSR count). The van der Waals surface area contributed by atoms with Crippen molar-refractivity contribution >= 4 is 14.5 Å². The highest BCUT2D eigenvalue weighted by Gasteiger charge is 2.39. The summed E-state index contributed by atoms with van der Waals surface area (Å²) in [6, 6.07) is 9.22. The molecule has 0 saturated carbocycles. The Balaban J connectivity index is 2.26. The van der Waals surface area contributed by atoms with Crippen LogP contribution in [0, 0.1) is 30.6 Å². The lowest BCUT2D eigenvalue weighted by molar-refractivity contribution is 0.243. The van der Waals surface area contributed by atoms with Crippen molar-refractivity contribution in [3.05, 3.63) is 35.4 Å². The summed E-state index contributed by atoms with van der Waals surface area (Å²) in [5.41, 5.74) is 4.23. The first-order chi connectivity index (χ1) is 14.7. The Hall–Kier alpha value is -0.880. The zero-order valence-electron chi connectivity index (χ0n) is 21.6. The maximum Gasteiger partial charge on any atom is 0.187 e. The second-order valence-electron chi connectivity index (χ2n) is 10.3. The van der Waals surface area contributed by atoms with Gasteiger partial charge in [0.05, 0.1) is 6.04 Å². The van der Waals surface area contributed by atoms with Gasteiger partial charge in [0.1, 0.15) is 6.61 Å². The molecule has 0 aliphatic carbocycles. The Bertz CT molecular complexity index is 696. The lowest BCUT2D eigenvalue weighted by Gasteiger charge is -2.36. The Labute approximate surface area is 194 Å². The van der Waals surface area contributed by atoms with Gasteiger partial charge in [-0.05, 0) is 53.9 Å². The number of benzene rings is 1. The van der Waals surface area contributed by atoms with E-state index < -0.39 is 0 Å². The molecular weight excluding hydrogens is 397 g/mol. The molecule has 0 aromatic heterocycles. The number of rotatable bonds is 12. The standard InChI is InChI=1S/C28H48NOP/c1-10-20(7)31-27(23(11-2)12-3)26(18(4)5)28-29-25(17-30-28)22(9)21(8)24-15-13-14-19(6)16-24/h13-16,18,20-23,25-27,31H,10-12,17H2,1-9H3/t20?,21?,22-,25?,26-,27?/m1/s1. The van der Waals surface area contributed by atoms with Crippen LogP contribution in [-0.2, 0) is 4.74 Å². The largest absolute Gasteiger partial charge is 0.478 e. The molecular formula is C28H48NOP. The zero-order chi connectivity index (χ0) is 23.1. The summed E-state index contributed by atoms with van der Waals surface area (Å²) in [5.74, 6) is 3.78. The van der Waals surface area contributed by atoms with Crippen LogP contribution in [0.4, 0.5) is 0 Å². The minimum atomic E-state index is 0.265. The van der Waals surface area contributed by atoms with Gasteiger partial charge in [-0.25, -0.2) is 4.99 Å². The quantitative estimate of drug-likeness (QED) is 0.298. The van der Waals surface area contributed by atoms with Crippen molar-refractivity contribution in [2.75, 3.05) is 6.61 Å². The van der Waals surface area contributed by atoms with Crippen LogP contribution in [0.1, 0.15) is 91.7 Å². The second kappa shape index (κ2) is 12.4. The average Bonchev–Trinajstić information content (AvgIpc) is 3.22. The van der Waals surface area contributed by atoms with Crippen molar-refractivity contribution in [2.45, 2.75) is 105 Å². The monoisotopic (exact) mass is 445 g/mol. The van der Waals surface area contributed by atoms with E-state index in [0.29, 0.717) is 29.3 Å². The first-order valence-corrected chi connectivity index (χ1v) is 13.9. The van der Waals surface area contributed by atoms with Crippen LogP contribution >= 0.6 is 8.58 Å². The van der Waals surface area contributed by atoms with E-state index >= 15 is 0 Å². The SMILES string of the molecule is CCC(C)PC(C(CC)CC)[C@H](C1=NC([C@H](C)C(C)c2cccc(C)c2)CO1)C(C)C. The van der Waals surface area contributed by atoms with Crippen LogP contribution in [0.15, 0.2) is 29.3 Å². The zero-order valence-corrected chi connectivity index (χ0v) is 22.6. The van der Waals surface area contributed by atoms with Crippen molar-refractivity contribution in [1.29, 1.82) is 0 Å². The van der Waals surface area contributed by atoms with Crippen LogP contribution in [0.5, 0.6) is 0 Å². The Morgan fingerprint density at radius 2 is 1.71 bits per heavy atom. The molecule has 0 fully saturated rings. The van der Waals surface area contributed by atoms with Crippen molar-refractivity contribution in [3.8, 4) is 0 Å². The van der Waals surface area contributed by atoms with Crippen LogP contribution in [0.3, 0.4) is 0 Å². The molecule has 2 nitrogen and oxygen atoms in total. The predicted molar refractivity (Wildman–Crippen MR) is 140 cm³/mol. The number of aliphatic imine (C=N–C) groups is 1. The van der Waals surface area contributed by atoms with Gasteiger partial charge in [-0.15, -0.1) is 8.58 Å². The molecule has 0 N–H and O–H groups in total. The van der Waals surface area contributed by atoms with Crippen LogP contribution in [-0.4, -0.2) is 29.9 Å². The van der Waals surface area contributed by atoms with Gasteiger partial charge in [-0.1, -0.05) is 98.1 Å². The van der Waals surface area contributed by atoms with E-state index in [4.69, 9.17) is 9.73 Å². The topological polar surface area (TPSA) is 21.6 Å². The van der Waals surface area contributed by atoms with Crippen molar-refractivity contribution < 1.29 is 4.74 Å². The summed E-state index contributed by atoms with van der Waals surface area (Å²) in [5, 5.41) is 0. The number of hydrogen-bond donors (Lipinski definition) is 0. The Kier molecular flexibility index (Phi) is 10.5. The van der Waals surface area contributed by atoms with Crippen molar-refractivity contribution in [2.24, 2.45) is 28.7 Å². The van der Waals surface area contributed by atoms with Crippen LogP contribution < -0.4 is 0 Å². The van der Waals surface area contributed by atoms with Crippen molar-refractivity contribution in [3.63, 3.8) is 0 Å². The van der Waals surface area contributed by atoms with Gasteiger partial charge in [0.25, 0.3) is 0 Å². The summed E-state index contributed by atoms with van der Waals surface area (Å²) < 4.78 is 6.41. The van der Waals surface area contributed by atoms with Gasteiger partial charge in [0.15, 0.2) is 5.90 Å². The van der Waals surface area contributed by atoms with Crippen LogP contribution in [0.25, 0.3) is 0 Å². The minimum absolute atomic E-state index is 0.265. The molecule has 0 spiro atoms. The van der Waals surface area contributed by atoms with E-state index in [1.165, 1.54) is 30.4 Å². The maximum atomic E-state index is 6.41. The lowest BCUT2D eigenvalue weighted by Crippen LogP contribution is -2.36. The molecule has 31 heavy (non-hydrogen) atoms. The highest BCUT2D eigenvalue weighted by molar-refractivity contribution is 7.39. The number of hydrogen-bond acceptors (Lipinski definition) is 2. The van der Waals surface area contributed by atoms with E-state index in [1.54, 1.807) is 0 Å². The van der Waals surface area contributed by atoms with E-state index in [-0.39, 0.29) is 6.04 Å². The smallest absolute Gasteiger partial charge is 0.187 e. The van der Waals surface area contributed by atoms with Gasteiger partial charge >= 0.3 is 0 Å². The summed E-state index contributed by atoms with van der Waals surface area (Å²) in [6.07, 6.45) is 3.78. The summed E-state index contributed by atoms with van der Waals surface area (Å²) >= 11 is 0. The Morgan fingerprint density at radius 1 is 1.03 bits per heavy atom. The fourth-order valence-corrected chi connectivity index (χ4v) is 7.45. The second-order valence-corrected chi connectivity index (χ2v) is 12.2. The molecule has 5 unspecified atom stereocenters. The molecule has 0 radical (unpaired) electrons. The molecule has 176 valence electrons. The molecule has 7 atom stereocenters. The van der Waals surface area contributed by atoms with Crippen molar-refractivity contribution in [1.82, 2.24) is 0 Å². The third-order valence-electron chi connectivity index (χ3n) is 7.69. The third-order valence-corrected chi connectivity index (χ3v) is 9.89. The molecule has 1 aliphatic rings. The minimum Gasteiger partial charge on any atom is -0.478 e. The normalized spacial score (nSPS) is 21.9. The molecule has 1 aromatic rings. The van der Waals surface area contributed by atoms with Gasteiger partial charge in [-0.2, -0.15) is 0 Å². The van der Waals surface area contributed by atoms with Crippen LogP contribution in [0.2, 0.25) is 0 Å². The lowest BCUT2D eigenvalue weighted by atomic mass is 9.82. The van der Waals surface area contributed by atoms with E-state index in [0.717, 1.165) is 32.7 Å². The number of ether oxygens (including phenoxy) is 1. The summed E-state index contributed by atoms with van der Waals surface area (Å²) in [4.78, 5) is 5.28. The molecule has 0 saturated heterocycles. The van der Waals surface area contributed by atoms with E-state index in [2.05, 4.69) is 86.6 Å². The highest BCUT2D eigenvalue weighted by Crippen LogP contribution is 2.44. The maximum absolute atomic E-state index is 6.41. The fraction of sp³-hybridized carbons (Fsp3) is 0.750. The number of nitrogens with zero attached hydrogens (tertiary/aromatic N) is 1. The summed E-state index contributed by atoms with van der Waals surface area (Å²) in [6.45, 7) is 21.9. The summed E-state index contributed by atoms with van der Waals surface area (Å²) in [7, 11) is 0.988. The Morgan fingerprint density at radius 3 is 2.26 bits per heavy atom. The molecule has 0 bridgehead atoms. The highest BCUT2D eigenvalue weighted by atomic mass is 31.1. The fourth-order valence-electron chi connectivity index (χ4n) is 5.08. The van der Waals surface area contributed by atoms with Gasteiger partial charge in [0, 0.05) is 5.92 Å². The first-order valence-electron chi connectivity index (χ1n) is 12.8. The van der Waals surface area contributed by atoms with Gasteiger partial charge in [-0.3, -0.25) is 0 Å². The first kappa shape index (κ1) is 26.4. The molecule has 1 aromatic carbocycles. The molecule has 1 heterocycles. The predicted octanol–water partition coefficient (Wildman–Crippen LogP) is 8.09. The average molecular weight is 446 g/mol. The number of aryl methyl sites for hydroxylation is 1. The third kappa shape index (κ3) is 6.80. The van der Waals surface area contributed by atoms with Gasteiger partial charge in [0.2, 0.25) is 0 Å². The molecule has 1 aliphatic heterocycles. The molecule has 0 amide bonds. The molecule has 3 heteroatoms. The van der Waals surface area contributed by atoms with E-state index in [9.17, 15) is 0 Å².